The maximum atomic E-state index is 13.5. The van der Waals surface area contributed by atoms with Gasteiger partial charge in [-0.2, -0.15) is 0 Å². The minimum Gasteiger partial charge on any atom is -0.504 e. The van der Waals surface area contributed by atoms with Crippen LogP contribution in [-0.2, 0) is 4.74 Å². The molecule has 1 aromatic rings. The van der Waals surface area contributed by atoms with Crippen LogP contribution < -0.4 is 4.74 Å². The average molecular weight is 343 g/mol. The molecular formula is C14H12BrFO4. The number of aromatic hydroxyl groups is 1. The number of terminal acetylenes is 1. The van der Waals surface area contributed by atoms with Crippen LogP contribution in [0.5, 0.6) is 11.5 Å². The Morgan fingerprint density at radius 2 is 2.25 bits per heavy atom. The van der Waals surface area contributed by atoms with Crippen molar-refractivity contribution in [3.63, 3.8) is 0 Å². The van der Waals surface area contributed by atoms with Gasteiger partial charge in [-0.15, -0.1) is 6.42 Å². The first-order valence-corrected chi connectivity index (χ1v) is 5.97. The molecule has 0 fully saturated rings. The van der Waals surface area contributed by atoms with E-state index in [1.54, 1.807) is 6.92 Å². The average Bonchev–Trinajstić information content (AvgIpc) is 2.44. The summed E-state index contributed by atoms with van der Waals surface area (Å²) in [6.07, 6.45) is 5.14. The first-order chi connectivity index (χ1) is 9.53. The molecule has 0 heterocycles. The van der Waals surface area contributed by atoms with Crippen LogP contribution in [-0.4, -0.2) is 25.3 Å². The fourth-order valence-electron chi connectivity index (χ4n) is 1.03. The summed E-state index contributed by atoms with van der Waals surface area (Å²) in [5.74, 6) is 5.44. The zero-order valence-electron chi connectivity index (χ0n) is 10.9. The third kappa shape index (κ3) is 5.31. The van der Waals surface area contributed by atoms with E-state index >= 15 is 0 Å². The normalized spacial score (nSPS) is 8.35. The Bertz CT molecular complexity index is 567. The number of ether oxygens (including phenoxy) is 2. The summed E-state index contributed by atoms with van der Waals surface area (Å²) in [5, 5.41) is 9.35. The van der Waals surface area contributed by atoms with Gasteiger partial charge in [-0.1, -0.05) is 5.92 Å². The van der Waals surface area contributed by atoms with Crippen molar-refractivity contribution in [3.8, 4) is 35.7 Å². The molecule has 0 atom stereocenters. The molecule has 106 valence electrons. The molecule has 0 saturated heterocycles. The van der Waals surface area contributed by atoms with Crippen LogP contribution in [0.4, 0.5) is 4.39 Å². The molecule has 0 radical (unpaired) electrons. The molecule has 4 nitrogen and oxygen atoms in total. The Morgan fingerprint density at radius 1 is 1.60 bits per heavy atom. The van der Waals surface area contributed by atoms with Crippen molar-refractivity contribution in [1.82, 2.24) is 0 Å². The van der Waals surface area contributed by atoms with Gasteiger partial charge in [0, 0.05) is 12.7 Å². The molecule has 6 heteroatoms. The Morgan fingerprint density at radius 3 is 2.65 bits per heavy atom. The van der Waals surface area contributed by atoms with Crippen molar-refractivity contribution in [2.45, 2.75) is 6.92 Å². The fourth-order valence-corrected chi connectivity index (χ4v) is 1.42. The Kier molecular flexibility index (Phi) is 8.86. The number of carbonyl (C=O) groups excluding carboxylic acids is 1. The van der Waals surface area contributed by atoms with E-state index in [-0.39, 0.29) is 22.6 Å². The van der Waals surface area contributed by atoms with Crippen LogP contribution in [0.2, 0.25) is 0 Å². The first-order valence-electron chi connectivity index (χ1n) is 5.18. The van der Waals surface area contributed by atoms with Crippen LogP contribution in [0.15, 0.2) is 10.5 Å². The second-order valence-corrected chi connectivity index (χ2v) is 3.92. The second kappa shape index (κ2) is 9.85. The largest absolute Gasteiger partial charge is 0.504 e. The van der Waals surface area contributed by atoms with Crippen LogP contribution in [0.25, 0.3) is 0 Å². The lowest BCUT2D eigenvalue weighted by Crippen LogP contribution is -2.02. The van der Waals surface area contributed by atoms with E-state index in [0.29, 0.717) is 6.29 Å². The highest BCUT2D eigenvalue weighted by molar-refractivity contribution is 9.10. The van der Waals surface area contributed by atoms with Crippen molar-refractivity contribution < 1.29 is 23.8 Å². The standard InChI is InChI=1S/C9H8BrFO4.C5H4/c1-14-4-15-9-6(13)2-5(3-12)7(10)8(9)11;1-3-5-4-2/h2-3,13H,4H2,1H3;1H,2H3. The summed E-state index contributed by atoms with van der Waals surface area (Å²) < 4.78 is 22.8. The van der Waals surface area contributed by atoms with E-state index in [4.69, 9.17) is 11.2 Å². The molecule has 0 aliphatic carbocycles. The number of hydrogen-bond donors (Lipinski definition) is 1. The summed E-state index contributed by atoms with van der Waals surface area (Å²) in [6.45, 7) is 1.51. The van der Waals surface area contributed by atoms with E-state index < -0.39 is 11.6 Å². The summed E-state index contributed by atoms with van der Waals surface area (Å²) in [5.41, 5.74) is 0.00904. The second-order valence-electron chi connectivity index (χ2n) is 3.13. The molecule has 0 spiro atoms. The van der Waals surface area contributed by atoms with Gasteiger partial charge in [0.1, 0.15) is 0 Å². The maximum Gasteiger partial charge on any atom is 0.200 e. The van der Waals surface area contributed by atoms with E-state index in [9.17, 15) is 14.3 Å². The van der Waals surface area contributed by atoms with Crippen molar-refractivity contribution >= 4 is 22.2 Å². The van der Waals surface area contributed by atoms with Gasteiger partial charge < -0.3 is 14.6 Å². The quantitative estimate of drug-likeness (QED) is 0.519. The molecule has 0 aliphatic rings. The van der Waals surface area contributed by atoms with Crippen molar-refractivity contribution in [2.75, 3.05) is 13.9 Å². The molecule has 1 N–H and O–H groups in total. The Labute approximate surface area is 125 Å². The van der Waals surface area contributed by atoms with Gasteiger partial charge in [-0.05, 0) is 40.8 Å². The summed E-state index contributed by atoms with van der Waals surface area (Å²) in [6, 6.07) is 1.10. The Balaban J connectivity index is 0.000000621. The van der Waals surface area contributed by atoms with Crippen molar-refractivity contribution in [3.05, 3.63) is 21.9 Å². The molecule has 0 bridgehead atoms. The SMILES string of the molecule is C#CC#CC.COCOc1c(O)cc(C=O)c(Br)c1F. The molecule has 0 amide bonds. The number of benzene rings is 1. The molecule has 0 aliphatic heterocycles. The highest BCUT2D eigenvalue weighted by Gasteiger charge is 2.17. The summed E-state index contributed by atoms with van der Waals surface area (Å²) in [7, 11) is 1.36. The van der Waals surface area contributed by atoms with E-state index in [0.717, 1.165) is 6.07 Å². The van der Waals surface area contributed by atoms with Crippen LogP contribution in [0.3, 0.4) is 0 Å². The highest BCUT2D eigenvalue weighted by Crippen LogP contribution is 2.36. The molecule has 0 unspecified atom stereocenters. The lowest BCUT2D eigenvalue weighted by atomic mass is 10.2. The first kappa shape index (κ1) is 18.0. The monoisotopic (exact) mass is 342 g/mol. The Hall–Kier alpha value is -2.02. The molecule has 20 heavy (non-hydrogen) atoms. The number of phenols is 1. The predicted molar refractivity (Wildman–Crippen MR) is 75.9 cm³/mol. The van der Waals surface area contributed by atoms with Gasteiger partial charge in [-0.3, -0.25) is 4.79 Å². The van der Waals surface area contributed by atoms with Crippen LogP contribution in [0, 0.1) is 30.0 Å². The number of methoxy groups -OCH3 is 1. The van der Waals surface area contributed by atoms with Gasteiger partial charge in [-0.25, -0.2) is 4.39 Å². The lowest BCUT2D eigenvalue weighted by Gasteiger charge is -2.10. The maximum absolute atomic E-state index is 13.5. The number of halogens is 2. The molecule has 1 aromatic carbocycles. The van der Waals surface area contributed by atoms with E-state index in [2.05, 4.69) is 38.4 Å². The lowest BCUT2D eigenvalue weighted by molar-refractivity contribution is 0.0461. The van der Waals surface area contributed by atoms with Crippen LogP contribution in [0.1, 0.15) is 17.3 Å². The molecule has 0 saturated carbocycles. The predicted octanol–water partition coefficient (Wildman–Crippen LogP) is 2.73. The van der Waals surface area contributed by atoms with Gasteiger partial charge in [0.25, 0.3) is 0 Å². The third-order valence-corrected chi connectivity index (χ3v) is 2.62. The number of hydrogen-bond acceptors (Lipinski definition) is 4. The van der Waals surface area contributed by atoms with Gasteiger partial charge in [0.2, 0.25) is 5.75 Å². The van der Waals surface area contributed by atoms with Gasteiger partial charge in [0.05, 0.1) is 4.47 Å². The molecule has 0 aromatic heterocycles. The third-order valence-electron chi connectivity index (χ3n) is 1.82. The smallest absolute Gasteiger partial charge is 0.200 e. The number of carbonyl (C=O) groups is 1. The minimum absolute atomic E-state index is 0.00904. The number of rotatable bonds is 4. The summed E-state index contributed by atoms with van der Waals surface area (Å²) >= 11 is 2.88. The van der Waals surface area contributed by atoms with Gasteiger partial charge in [0.15, 0.2) is 24.6 Å². The zero-order chi connectivity index (χ0) is 15.5. The van der Waals surface area contributed by atoms with Crippen molar-refractivity contribution in [1.29, 1.82) is 0 Å². The molecule has 1 rings (SSSR count). The summed E-state index contributed by atoms with van der Waals surface area (Å²) in [4.78, 5) is 10.5. The highest BCUT2D eigenvalue weighted by atomic mass is 79.9. The van der Waals surface area contributed by atoms with Crippen molar-refractivity contribution in [2.24, 2.45) is 0 Å². The molecular weight excluding hydrogens is 331 g/mol. The van der Waals surface area contributed by atoms with Crippen LogP contribution >= 0.6 is 15.9 Å². The minimum atomic E-state index is -0.839. The van der Waals surface area contributed by atoms with E-state index in [1.165, 1.54) is 7.11 Å². The zero-order valence-corrected chi connectivity index (χ0v) is 12.5. The fraction of sp³-hybridized carbons (Fsp3) is 0.214. The number of phenolic OH excluding ortho intramolecular Hbond substituents is 1. The topological polar surface area (TPSA) is 55.8 Å². The number of aldehydes is 1. The van der Waals surface area contributed by atoms with Gasteiger partial charge >= 0.3 is 0 Å². The van der Waals surface area contributed by atoms with E-state index in [1.807, 2.05) is 0 Å².